The maximum absolute atomic E-state index is 10.2. The zero-order valence-corrected chi connectivity index (χ0v) is 18.2. The molecular formula is C22H29N5OS. The van der Waals surface area contributed by atoms with Crippen LogP contribution in [0.1, 0.15) is 31.9 Å². The molecule has 0 aliphatic carbocycles. The fourth-order valence-electron chi connectivity index (χ4n) is 3.46. The van der Waals surface area contributed by atoms with E-state index in [1.165, 1.54) is 38.9 Å². The lowest BCUT2D eigenvalue weighted by molar-refractivity contribution is 0.240. The molecule has 1 saturated heterocycles. The van der Waals surface area contributed by atoms with Crippen LogP contribution < -0.4 is 5.73 Å². The fraction of sp³-hybridized carbons (Fsp3) is 0.409. The highest BCUT2D eigenvalue weighted by Crippen LogP contribution is 2.35. The number of likely N-dealkylation sites (tertiary alicyclic amines) is 1. The van der Waals surface area contributed by atoms with Gasteiger partial charge in [-0.2, -0.15) is 0 Å². The number of phenolic OH excluding ortho intramolecular Hbond substituents is 1. The number of pyridine rings is 1. The van der Waals surface area contributed by atoms with Crippen molar-refractivity contribution in [2.24, 2.45) is 0 Å². The van der Waals surface area contributed by atoms with Crippen molar-refractivity contribution in [3.05, 3.63) is 36.0 Å². The summed E-state index contributed by atoms with van der Waals surface area (Å²) in [6.07, 6.45) is 6.26. The zero-order valence-electron chi connectivity index (χ0n) is 17.4. The molecule has 4 rings (SSSR count). The molecule has 0 amide bonds. The van der Waals surface area contributed by atoms with Crippen molar-refractivity contribution in [2.45, 2.75) is 38.0 Å². The van der Waals surface area contributed by atoms with E-state index in [4.69, 9.17) is 5.73 Å². The summed E-state index contributed by atoms with van der Waals surface area (Å²) in [5.41, 5.74) is 8.52. The summed E-state index contributed by atoms with van der Waals surface area (Å²) in [5, 5.41) is 19.1. The minimum atomic E-state index is 0.169. The summed E-state index contributed by atoms with van der Waals surface area (Å²) in [5.74, 6) is 0.459. The van der Waals surface area contributed by atoms with Crippen LogP contribution in [0.15, 0.2) is 35.2 Å². The predicted molar refractivity (Wildman–Crippen MR) is 121 cm³/mol. The van der Waals surface area contributed by atoms with E-state index in [1.54, 1.807) is 17.8 Å². The molecule has 1 fully saturated rings. The lowest BCUT2D eigenvalue weighted by atomic mass is 10.1. The first-order valence-corrected chi connectivity index (χ1v) is 11.2. The first-order valence-electron chi connectivity index (χ1n) is 10.0. The van der Waals surface area contributed by atoms with Crippen LogP contribution >= 0.6 is 11.8 Å². The van der Waals surface area contributed by atoms with E-state index in [9.17, 15) is 5.11 Å². The summed E-state index contributed by atoms with van der Waals surface area (Å²) in [6, 6.07) is 9.28. The number of aryl methyl sites for hydroxylation is 1. The molecule has 154 valence electrons. The lowest BCUT2D eigenvalue weighted by Gasteiger charge is -2.24. The highest BCUT2D eigenvalue weighted by Gasteiger charge is 2.14. The molecule has 3 heterocycles. The minimum Gasteiger partial charge on any atom is -0.507 e. The molecule has 6 nitrogen and oxygen atoms in total. The number of phenols is 1. The van der Waals surface area contributed by atoms with Gasteiger partial charge in [-0.25, -0.2) is 4.98 Å². The SMILES string of the molecule is CCN1CCCCC1.CSc1ccc(-c2nnc(N)c3nc(C)ccc23)c(O)c1. The van der Waals surface area contributed by atoms with Gasteiger partial charge in [0.15, 0.2) is 5.82 Å². The van der Waals surface area contributed by atoms with Gasteiger partial charge in [-0.15, -0.1) is 22.0 Å². The van der Waals surface area contributed by atoms with Crippen LogP contribution in [0.25, 0.3) is 22.2 Å². The Labute approximate surface area is 176 Å². The highest BCUT2D eigenvalue weighted by atomic mass is 32.2. The third-order valence-electron chi connectivity index (χ3n) is 5.15. The smallest absolute Gasteiger partial charge is 0.172 e. The molecule has 2 aromatic heterocycles. The van der Waals surface area contributed by atoms with Gasteiger partial charge in [0.1, 0.15) is 17.0 Å². The van der Waals surface area contributed by atoms with Crippen molar-refractivity contribution >= 4 is 28.5 Å². The number of rotatable bonds is 3. The normalized spacial score (nSPS) is 14.4. The molecule has 29 heavy (non-hydrogen) atoms. The van der Waals surface area contributed by atoms with Crippen molar-refractivity contribution in [2.75, 3.05) is 31.6 Å². The second-order valence-electron chi connectivity index (χ2n) is 7.16. The van der Waals surface area contributed by atoms with Gasteiger partial charge in [-0.1, -0.05) is 13.3 Å². The number of hydrogen-bond donors (Lipinski definition) is 2. The van der Waals surface area contributed by atoms with Gasteiger partial charge < -0.3 is 15.7 Å². The summed E-state index contributed by atoms with van der Waals surface area (Å²) >= 11 is 1.57. The number of aromatic nitrogens is 3. The molecule has 0 radical (unpaired) electrons. The molecule has 0 unspecified atom stereocenters. The molecule has 0 bridgehead atoms. The molecule has 0 spiro atoms. The Kier molecular flexibility index (Phi) is 7.28. The van der Waals surface area contributed by atoms with E-state index in [1.807, 2.05) is 37.4 Å². The Morgan fingerprint density at radius 3 is 2.48 bits per heavy atom. The number of nitrogen functional groups attached to an aromatic ring is 1. The maximum Gasteiger partial charge on any atom is 0.172 e. The van der Waals surface area contributed by atoms with E-state index < -0.39 is 0 Å². The van der Waals surface area contributed by atoms with Crippen LogP contribution in [-0.4, -0.2) is 51.1 Å². The van der Waals surface area contributed by atoms with Crippen molar-refractivity contribution < 1.29 is 5.11 Å². The summed E-state index contributed by atoms with van der Waals surface area (Å²) in [6.45, 7) is 8.07. The van der Waals surface area contributed by atoms with Gasteiger partial charge in [0, 0.05) is 21.5 Å². The average Bonchev–Trinajstić information content (AvgIpc) is 2.75. The number of benzene rings is 1. The average molecular weight is 412 g/mol. The second kappa shape index (κ2) is 9.89. The standard InChI is InChI=1S/C15H14N4OS.C7H15N/c1-8-3-5-11-13(18-19-15(16)14(11)17-8)10-6-4-9(21-2)7-12(10)20;1-2-8-6-4-3-5-7-8/h3-7,20H,1-2H3,(H2,16,19);2-7H2,1H3. The fourth-order valence-corrected chi connectivity index (χ4v) is 3.90. The van der Waals surface area contributed by atoms with Crippen LogP contribution in [0.3, 0.4) is 0 Å². The number of piperidine rings is 1. The first-order chi connectivity index (χ1) is 14.0. The van der Waals surface area contributed by atoms with Crippen LogP contribution in [0.5, 0.6) is 5.75 Å². The maximum atomic E-state index is 10.2. The molecule has 0 saturated carbocycles. The Morgan fingerprint density at radius 2 is 1.86 bits per heavy atom. The van der Waals surface area contributed by atoms with Gasteiger partial charge in [0.25, 0.3) is 0 Å². The molecule has 0 atom stereocenters. The zero-order chi connectivity index (χ0) is 20.8. The second-order valence-corrected chi connectivity index (χ2v) is 8.04. The highest BCUT2D eigenvalue weighted by molar-refractivity contribution is 7.98. The Balaban J connectivity index is 0.000000252. The largest absolute Gasteiger partial charge is 0.507 e. The van der Waals surface area contributed by atoms with Crippen molar-refractivity contribution in [1.82, 2.24) is 20.1 Å². The molecule has 3 aromatic rings. The summed E-state index contributed by atoms with van der Waals surface area (Å²) in [7, 11) is 0. The van der Waals surface area contributed by atoms with Gasteiger partial charge in [-0.05, 0) is 76.0 Å². The van der Waals surface area contributed by atoms with Crippen LogP contribution in [0, 0.1) is 6.92 Å². The van der Waals surface area contributed by atoms with E-state index in [0.29, 0.717) is 16.8 Å². The molecule has 1 aliphatic rings. The number of thioether (sulfide) groups is 1. The summed E-state index contributed by atoms with van der Waals surface area (Å²) in [4.78, 5) is 7.91. The Hall–Kier alpha value is -2.38. The van der Waals surface area contributed by atoms with Crippen LogP contribution in [-0.2, 0) is 0 Å². The van der Waals surface area contributed by atoms with E-state index in [2.05, 4.69) is 27.0 Å². The third kappa shape index (κ3) is 5.16. The van der Waals surface area contributed by atoms with E-state index in [-0.39, 0.29) is 11.6 Å². The van der Waals surface area contributed by atoms with Crippen molar-refractivity contribution in [3.63, 3.8) is 0 Å². The molecule has 7 heteroatoms. The number of nitrogens with two attached hydrogens (primary N) is 1. The summed E-state index contributed by atoms with van der Waals surface area (Å²) < 4.78 is 0. The number of hydrogen-bond acceptors (Lipinski definition) is 7. The first kappa shape index (κ1) is 21.3. The van der Waals surface area contributed by atoms with E-state index >= 15 is 0 Å². The number of aromatic hydroxyl groups is 1. The topological polar surface area (TPSA) is 88.2 Å². The predicted octanol–water partition coefficient (Wildman–Crippen LogP) is 4.50. The van der Waals surface area contributed by atoms with Crippen LogP contribution in [0.4, 0.5) is 5.82 Å². The molecular weight excluding hydrogens is 382 g/mol. The molecule has 1 aromatic carbocycles. The van der Waals surface area contributed by atoms with Gasteiger partial charge in [0.05, 0.1) is 0 Å². The third-order valence-corrected chi connectivity index (χ3v) is 5.87. The Morgan fingerprint density at radius 1 is 1.10 bits per heavy atom. The number of fused-ring (bicyclic) bond motifs is 1. The van der Waals surface area contributed by atoms with Crippen molar-refractivity contribution in [3.8, 4) is 17.0 Å². The van der Waals surface area contributed by atoms with Gasteiger partial charge in [0.2, 0.25) is 0 Å². The van der Waals surface area contributed by atoms with Crippen LogP contribution in [0.2, 0.25) is 0 Å². The number of anilines is 1. The van der Waals surface area contributed by atoms with Gasteiger partial charge in [-0.3, -0.25) is 0 Å². The minimum absolute atomic E-state index is 0.169. The monoisotopic (exact) mass is 411 g/mol. The lowest BCUT2D eigenvalue weighted by Crippen LogP contribution is -2.29. The number of nitrogens with zero attached hydrogens (tertiary/aromatic N) is 4. The molecule has 3 N–H and O–H groups in total. The quantitative estimate of drug-likeness (QED) is 0.613. The van der Waals surface area contributed by atoms with Crippen molar-refractivity contribution in [1.29, 1.82) is 0 Å². The molecule has 1 aliphatic heterocycles. The van der Waals surface area contributed by atoms with E-state index in [0.717, 1.165) is 16.0 Å². The Bertz CT molecular complexity index is 973. The van der Waals surface area contributed by atoms with Gasteiger partial charge >= 0.3 is 0 Å².